The van der Waals surface area contributed by atoms with Crippen molar-refractivity contribution < 1.29 is 0 Å². The Morgan fingerprint density at radius 1 is 1.21 bits per heavy atom. The number of benzene rings is 1. The summed E-state index contributed by atoms with van der Waals surface area (Å²) in [4.78, 5) is 11.4. The summed E-state index contributed by atoms with van der Waals surface area (Å²) in [6.45, 7) is 4.57. The molecule has 28 heavy (non-hydrogen) atoms. The lowest BCUT2D eigenvalue weighted by molar-refractivity contribution is 0.331. The first-order valence-corrected chi connectivity index (χ1v) is 10.0. The number of hydrogen-bond acceptors (Lipinski definition) is 3. The molecule has 1 aliphatic rings. The maximum atomic E-state index is 4.92. The lowest BCUT2D eigenvalue weighted by Gasteiger charge is -2.28. The molecule has 154 valence electrons. The van der Waals surface area contributed by atoms with Crippen molar-refractivity contribution in [2.24, 2.45) is 18.0 Å². The molecule has 7 heteroatoms. The number of halogens is 1. The average Bonchev–Trinajstić information content (AvgIpc) is 3.10. The van der Waals surface area contributed by atoms with Crippen molar-refractivity contribution >= 4 is 29.9 Å². The van der Waals surface area contributed by atoms with Gasteiger partial charge in [0.25, 0.3) is 0 Å². The Balaban J connectivity index is 0.00000280. The fourth-order valence-electron chi connectivity index (χ4n) is 3.84. The number of aliphatic imine (C=N–C) groups is 1. The maximum absolute atomic E-state index is 4.92. The molecule has 1 aliphatic carbocycles. The summed E-state index contributed by atoms with van der Waals surface area (Å²) in [6, 6.07) is 11.0. The average molecular weight is 496 g/mol. The molecular weight excluding hydrogens is 463 g/mol. The molecule has 0 spiro atoms. The Morgan fingerprint density at radius 2 is 1.93 bits per heavy atom. The fraction of sp³-hybridized carbons (Fsp3) is 0.571. The van der Waals surface area contributed by atoms with Gasteiger partial charge >= 0.3 is 0 Å². The second-order valence-electron chi connectivity index (χ2n) is 7.48. The summed E-state index contributed by atoms with van der Waals surface area (Å²) in [7, 11) is 3.98. The van der Waals surface area contributed by atoms with Crippen molar-refractivity contribution in [3.05, 3.63) is 48.0 Å². The Hall–Kier alpha value is -1.64. The lowest BCUT2D eigenvalue weighted by atomic mass is 9.79. The zero-order valence-electron chi connectivity index (χ0n) is 17.2. The molecule has 2 aromatic rings. The Labute approximate surface area is 185 Å². The number of guanidine groups is 1. The third-order valence-corrected chi connectivity index (χ3v) is 5.50. The number of hydrogen-bond donors (Lipinski definition) is 1. The minimum absolute atomic E-state index is 0. The lowest BCUT2D eigenvalue weighted by Crippen LogP contribution is -2.39. The van der Waals surface area contributed by atoms with E-state index in [0.717, 1.165) is 30.8 Å². The molecule has 0 atom stereocenters. The van der Waals surface area contributed by atoms with Gasteiger partial charge in [-0.1, -0.05) is 30.3 Å². The maximum Gasteiger partial charge on any atom is 0.194 e. The van der Waals surface area contributed by atoms with Crippen LogP contribution in [0, 0.1) is 5.92 Å². The fourth-order valence-corrected chi connectivity index (χ4v) is 3.84. The minimum Gasteiger partial charge on any atom is -0.357 e. The van der Waals surface area contributed by atoms with Gasteiger partial charge in [0.15, 0.2) is 5.96 Å². The van der Waals surface area contributed by atoms with Crippen LogP contribution in [0.4, 0.5) is 0 Å². The van der Waals surface area contributed by atoms with Crippen molar-refractivity contribution in [3.63, 3.8) is 0 Å². The van der Waals surface area contributed by atoms with E-state index >= 15 is 0 Å². The molecule has 3 rings (SSSR count). The first-order valence-electron chi connectivity index (χ1n) is 10.0. The van der Waals surface area contributed by atoms with Crippen LogP contribution in [-0.4, -0.2) is 45.8 Å². The highest BCUT2D eigenvalue weighted by Crippen LogP contribution is 2.35. The monoisotopic (exact) mass is 496 g/mol. The molecule has 1 saturated carbocycles. The van der Waals surface area contributed by atoms with E-state index in [1.54, 1.807) is 6.33 Å². The van der Waals surface area contributed by atoms with Crippen LogP contribution in [0.15, 0.2) is 41.7 Å². The quantitative estimate of drug-likeness (QED) is 0.376. The number of nitrogens with zero attached hydrogens (tertiary/aromatic N) is 5. The van der Waals surface area contributed by atoms with Crippen LogP contribution < -0.4 is 5.32 Å². The highest BCUT2D eigenvalue weighted by molar-refractivity contribution is 14.0. The van der Waals surface area contributed by atoms with Gasteiger partial charge < -0.3 is 10.2 Å². The van der Waals surface area contributed by atoms with E-state index in [9.17, 15) is 0 Å². The van der Waals surface area contributed by atoms with Gasteiger partial charge in [0.1, 0.15) is 12.2 Å². The second-order valence-corrected chi connectivity index (χ2v) is 7.48. The van der Waals surface area contributed by atoms with Gasteiger partial charge in [-0.25, -0.2) is 4.98 Å². The largest absolute Gasteiger partial charge is 0.357 e. The van der Waals surface area contributed by atoms with Crippen molar-refractivity contribution in [2.45, 2.75) is 45.1 Å². The van der Waals surface area contributed by atoms with E-state index in [0.29, 0.717) is 12.5 Å². The van der Waals surface area contributed by atoms with Gasteiger partial charge in [0.2, 0.25) is 0 Å². The van der Waals surface area contributed by atoms with E-state index in [1.165, 1.54) is 31.2 Å². The van der Waals surface area contributed by atoms with E-state index in [2.05, 4.69) is 64.6 Å². The number of nitrogens with one attached hydrogen (secondary N) is 1. The van der Waals surface area contributed by atoms with E-state index in [-0.39, 0.29) is 24.0 Å². The summed E-state index contributed by atoms with van der Waals surface area (Å²) in [5.41, 5.74) is 1.50. The summed E-state index contributed by atoms with van der Waals surface area (Å²) in [5.74, 6) is 3.29. The molecule has 0 bridgehead atoms. The number of aromatic nitrogens is 3. The Morgan fingerprint density at radius 3 is 2.54 bits per heavy atom. The van der Waals surface area contributed by atoms with Gasteiger partial charge in [0.05, 0.1) is 6.54 Å². The summed E-state index contributed by atoms with van der Waals surface area (Å²) < 4.78 is 1.81. The molecule has 0 amide bonds. The molecule has 0 radical (unpaired) electrons. The minimum atomic E-state index is 0. The van der Waals surface area contributed by atoms with Crippen LogP contribution in [0.1, 0.15) is 49.9 Å². The SMILES string of the molecule is CCNC(=NCC1CCC(c2ccccc2)CC1)N(C)Cc1ncnn1C.I. The summed E-state index contributed by atoms with van der Waals surface area (Å²) in [5, 5.41) is 7.55. The highest BCUT2D eigenvalue weighted by Gasteiger charge is 2.22. The van der Waals surface area contributed by atoms with Crippen LogP contribution in [0.3, 0.4) is 0 Å². The molecule has 0 unspecified atom stereocenters. The molecule has 1 fully saturated rings. The van der Waals surface area contributed by atoms with Crippen molar-refractivity contribution in [1.82, 2.24) is 25.0 Å². The molecule has 6 nitrogen and oxygen atoms in total. The Bertz CT molecular complexity index is 722. The van der Waals surface area contributed by atoms with Crippen molar-refractivity contribution in [1.29, 1.82) is 0 Å². The second kappa shape index (κ2) is 11.4. The topological polar surface area (TPSA) is 58.3 Å². The number of rotatable bonds is 6. The highest BCUT2D eigenvalue weighted by atomic mass is 127. The molecule has 1 heterocycles. The first kappa shape index (κ1) is 22.6. The van der Waals surface area contributed by atoms with Crippen LogP contribution >= 0.6 is 24.0 Å². The first-order chi connectivity index (χ1) is 13.2. The van der Waals surface area contributed by atoms with Crippen LogP contribution in [-0.2, 0) is 13.6 Å². The third-order valence-electron chi connectivity index (χ3n) is 5.50. The molecule has 1 N–H and O–H groups in total. The standard InChI is InChI=1S/C21H32N6.HI/c1-4-22-21(26(2)15-20-24-16-25-27(20)3)23-14-17-10-12-19(13-11-17)18-8-6-5-7-9-18;/h5-9,16-17,19H,4,10-15H2,1-3H3,(H,22,23);1H. The predicted octanol–water partition coefficient (Wildman–Crippen LogP) is 3.80. The summed E-state index contributed by atoms with van der Waals surface area (Å²) >= 11 is 0. The summed E-state index contributed by atoms with van der Waals surface area (Å²) in [6.07, 6.45) is 6.66. The van der Waals surface area contributed by atoms with Gasteiger partial charge in [-0.3, -0.25) is 9.67 Å². The molecule has 1 aromatic heterocycles. The number of aryl methyl sites for hydroxylation is 1. The Kier molecular flexibility index (Phi) is 9.21. The molecule has 1 aromatic carbocycles. The van der Waals surface area contributed by atoms with Crippen molar-refractivity contribution in [3.8, 4) is 0 Å². The van der Waals surface area contributed by atoms with Gasteiger partial charge in [0, 0.05) is 27.2 Å². The zero-order valence-corrected chi connectivity index (χ0v) is 19.5. The zero-order chi connectivity index (χ0) is 19.1. The molecular formula is C21H33IN6. The van der Waals surface area contributed by atoms with Crippen LogP contribution in [0.25, 0.3) is 0 Å². The van der Waals surface area contributed by atoms with Crippen LogP contribution in [0.2, 0.25) is 0 Å². The molecule has 0 aliphatic heterocycles. The predicted molar refractivity (Wildman–Crippen MR) is 125 cm³/mol. The van der Waals surface area contributed by atoms with E-state index in [1.807, 2.05) is 11.7 Å². The van der Waals surface area contributed by atoms with Crippen molar-refractivity contribution in [2.75, 3.05) is 20.1 Å². The normalized spacial score (nSPS) is 19.8. The van der Waals surface area contributed by atoms with E-state index < -0.39 is 0 Å². The third kappa shape index (κ3) is 6.18. The van der Waals surface area contributed by atoms with Gasteiger partial charge in [-0.2, -0.15) is 5.10 Å². The van der Waals surface area contributed by atoms with Crippen LogP contribution in [0.5, 0.6) is 0 Å². The van der Waals surface area contributed by atoms with Gasteiger partial charge in [-0.05, 0) is 50.0 Å². The smallest absolute Gasteiger partial charge is 0.194 e. The van der Waals surface area contributed by atoms with E-state index in [4.69, 9.17) is 4.99 Å². The molecule has 0 saturated heterocycles. The van der Waals surface area contributed by atoms with Gasteiger partial charge in [-0.15, -0.1) is 24.0 Å².